The van der Waals surface area contributed by atoms with Crippen molar-refractivity contribution in [1.82, 2.24) is 25.2 Å². The fourth-order valence-corrected chi connectivity index (χ4v) is 2.65. The first-order valence-corrected chi connectivity index (χ1v) is 8.09. The van der Waals surface area contributed by atoms with Gasteiger partial charge in [-0.15, -0.1) is 0 Å². The summed E-state index contributed by atoms with van der Waals surface area (Å²) >= 11 is -2.17. The van der Waals surface area contributed by atoms with E-state index in [1.165, 1.54) is 45.1 Å². The number of nitrogens with zero attached hydrogens (tertiary/aromatic N) is 4. The highest BCUT2D eigenvalue weighted by atomic mass is 32.2. The van der Waals surface area contributed by atoms with Crippen LogP contribution >= 0.6 is 0 Å². The number of aromatic nitrogens is 4. The lowest BCUT2D eigenvalue weighted by Gasteiger charge is -2.09. The molecule has 140 valence electrons. The Morgan fingerprint density at radius 2 is 1.81 bits per heavy atom. The van der Waals surface area contributed by atoms with E-state index < -0.39 is 17.1 Å². The normalized spacial score (nSPS) is 11.5. The Morgan fingerprint density at radius 1 is 1.19 bits per heavy atom. The van der Waals surface area contributed by atoms with Crippen LogP contribution in [0.2, 0.25) is 0 Å². The second-order valence-corrected chi connectivity index (χ2v) is 5.72. The standard InChI is InChI=1S/C13H16N6O6S/c1-7(20)8-6-14-19(2)11(8)26(22)25-18-13(21)17-12-15-9(23-3)5-10(16-12)24-4/h5-6H,1-4H3,(H2,15,16,17,18,21). The van der Waals surface area contributed by atoms with Gasteiger partial charge in [-0.3, -0.25) is 14.8 Å². The highest BCUT2D eigenvalue weighted by molar-refractivity contribution is 7.80. The average molecular weight is 384 g/mol. The number of aryl methyl sites for hydroxylation is 1. The van der Waals surface area contributed by atoms with Crippen LogP contribution in [0.1, 0.15) is 17.3 Å². The molecule has 13 heteroatoms. The van der Waals surface area contributed by atoms with Crippen molar-refractivity contribution in [2.75, 3.05) is 19.5 Å². The van der Waals surface area contributed by atoms with Gasteiger partial charge in [-0.25, -0.2) is 14.5 Å². The Bertz CT molecular complexity index is 831. The molecule has 2 aromatic rings. The molecule has 1 atom stereocenters. The maximum Gasteiger partial charge on any atom is 0.346 e. The number of carbonyl (C=O) groups excluding carboxylic acids is 2. The van der Waals surface area contributed by atoms with E-state index in [1.54, 1.807) is 0 Å². The van der Waals surface area contributed by atoms with Crippen molar-refractivity contribution in [2.24, 2.45) is 7.05 Å². The lowest BCUT2D eigenvalue weighted by Crippen LogP contribution is -2.31. The van der Waals surface area contributed by atoms with Crippen LogP contribution in [0.4, 0.5) is 10.7 Å². The first kappa shape index (κ1) is 19.3. The zero-order chi connectivity index (χ0) is 19.3. The highest BCUT2D eigenvalue weighted by Crippen LogP contribution is 2.17. The van der Waals surface area contributed by atoms with Gasteiger partial charge in [-0.1, -0.05) is 0 Å². The second kappa shape index (κ2) is 8.35. The summed E-state index contributed by atoms with van der Waals surface area (Å²) in [5.41, 5.74) is 2.04. The Balaban J connectivity index is 2.02. The van der Waals surface area contributed by atoms with Crippen molar-refractivity contribution in [2.45, 2.75) is 11.9 Å². The smallest absolute Gasteiger partial charge is 0.346 e. The molecule has 2 heterocycles. The third-order valence-electron chi connectivity index (χ3n) is 2.95. The van der Waals surface area contributed by atoms with Crippen LogP contribution in [0, 0.1) is 0 Å². The van der Waals surface area contributed by atoms with Crippen molar-refractivity contribution in [3.05, 3.63) is 17.8 Å². The molecule has 0 saturated carbocycles. The van der Waals surface area contributed by atoms with Crippen molar-refractivity contribution in [1.29, 1.82) is 0 Å². The van der Waals surface area contributed by atoms with E-state index in [4.69, 9.17) is 13.8 Å². The van der Waals surface area contributed by atoms with Gasteiger partial charge in [-0.2, -0.15) is 19.4 Å². The van der Waals surface area contributed by atoms with Crippen LogP contribution in [0.25, 0.3) is 0 Å². The Labute approximate surface area is 150 Å². The number of rotatable bonds is 7. The van der Waals surface area contributed by atoms with Crippen molar-refractivity contribution >= 4 is 28.8 Å². The van der Waals surface area contributed by atoms with Crippen LogP contribution in [0.3, 0.4) is 0 Å². The number of Topliss-reactive ketones (excluding diaryl/α,β-unsaturated/α-hetero) is 1. The maximum absolute atomic E-state index is 12.2. The molecule has 0 aliphatic rings. The third-order valence-corrected chi connectivity index (χ3v) is 3.99. The molecule has 0 fully saturated rings. The van der Waals surface area contributed by atoms with Crippen LogP contribution in [0.5, 0.6) is 11.8 Å². The Kier molecular flexibility index (Phi) is 6.19. The van der Waals surface area contributed by atoms with E-state index in [2.05, 4.69) is 20.4 Å². The van der Waals surface area contributed by atoms with Gasteiger partial charge in [0.15, 0.2) is 10.8 Å². The summed E-state index contributed by atoms with van der Waals surface area (Å²) in [6.07, 6.45) is 1.26. The fourth-order valence-electron chi connectivity index (χ4n) is 1.78. The Morgan fingerprint density at radius 3 is 2.35 bits per heavy atom. The topological polar surface area (TPSA) is 147 Å². The SMILES string of the molecule is COc1cc(OC)nc(NC(=O)NOS(=O)c2c(C(C)=O)cnn2C)n1. The number of nitrogens with one attached hydrogen (secondary N) is 2. The molecule has 0 aliphatic carbocycles. The van der Waals surface area contributed by atoms with Crippen molar-refractivity contribution in [3.63, 3.8) is 0 Å². The van der Waals surface area contributed by atoms with E-state index in [0.717, 1.165) is 0 Å². The summed E-state index contributed by atoms with van der Waals surface area (Å²) in [7, 11) is 4.26. The predicted molar refractivity (Wildman–Crippen MR) is 88.0 cm³/mol. The minimum atomic E-state index is -2.17. The summed E-state index contributed by atoms with van der Waals surface area (Å²) in [5.74, 6) is -0.139. The predicted octanol–water partition coefficient (Wildman–Crippen LogP) is 0.206. The van der Waals surface area contributed by atoms with Gasteiger partial charge in [0.05, 0.1) is 32.0 Å². The molecular weight excluding hydrogens is 368 g/mol. The van der Waals surface area contributed by atoms with Gasteiger partial charge < -0.3 is 9.47 Å². The molecule has 2 rings (SSSR count). The zero-order valence-corrected chi connectivity index (χ0v) is 15.1. The Hall–Kier alpha value is -3.06. The van der Waals surface area contributed by atoms with Gasteiger partial charge in [0.1, 0.15) is 0 Å². The molecule has 0 aromatic carbocycles. The molecular formula is C13H16N6O6S. The van der Waals surface area contributed by atoms with E-state index in [0.29, 0.717) is 0 Å². The summed E-state index contributed by atoms with van der Waals surface area (Å²) in [4.78, 5) is 31.1. The summed E-state index contributed by atoms with van der Waals surface area (Å²) in [6.45, 7) is 1.30. The number of hydroxylamine groups is 1. The summed E-state index contributed by atoms with van der Waals surface area (Å²) in [5, 5.41) is 6.11. The van der Waals surface area contributed by atoms with Crippen LogP contribution in [-0.4, -0.2) is 50.0 Å². The third kappa shape index (κ3) is 4.52. The van der Waals surface area contributed by atoms with Gasteiger partial charge in [-0.05, 0) is 6.92 Å². The number of methoxy groups -OCH3 is 2. The van der Waals surface area contributed by atoms with Crippen LogP contribution in [0.15, 0.2) is 17.3 Å². The monoisotopic (exact) mass is 384 g/mol. The second-order valence-electron chi connectivity index (χ2n) is 4.69. The molecule has 0 aliphatic heterocycles. The molecule has 0 spiro atoms. The van der Waals surface area contributed by atoms with E-state index in [9.17, 15) is 13.8 Å². The van der Waals surface area contributed by atoms with Crippen molar-refractivity contribution in [3.8, 4) is 11.8 Å². The number of amides is 2. The first-order valence-electron chi connectivity index (χ1n) is 7.01. The number of urea groups is 1. The maximum atomic E-state index is 12.2. The average Bonchev–Trinajstić information content (AvgIpc) is 3.01. The molecule has 12 nitrogen and oxygen atoms in total. The zero-order valence-electron chi connectivity index (χ0n) is 14.3. The number of hydrogen-bond acceptors (Lipinski definition) is 9. The molecule has 2 N–H and O–H groups in total. The summed E-state index contributed by atoms with van der Waals surface area (Å²) < 4.78 is 28.1. The number of anilines is 1. The van der Waals surface area contributed by atoms with E-state index in [-0.39, 0.29) is 34.1 Å². The lowest BCUT2D eigenvalue weighted by molar-refractivity contribution is 0.101. The van der Waals surface area contributed by atoms with Gasteiger partial charge in [0.2, 0.25) is 28.8 Å². The van der Waals surface area contributed by atoms with E-state index in [1.807, 2.05) is 5.48 Å². The summed E-state index contributed by atoms with van der Waals surface area (Å²) in [6, 6.07) is 0.514. The van der Waals surface area contributed by atoms with Gasteiger partial charge in [0.25, 0.3) is 0 Å². The number of hydrogen-bond donors (Lipinski definition) is 2. The number of ketones is 1. The molecule has 2 amide bonds. The molecule has 0 saturated heterocycles. The fraction of sp³-hybridized carbons (Fsp3) is 0.308. The van der Waals surface area contributed by atoms with E-state index >= 15 is 0 Å². The number of carbonyl (C=O) groups is 2. The van der Waals surface area contributed by atoms with Crippen LogP contribution < -0.4 is 20.3 Å². The quantitative estimate of drug-likeness (QED) is 0.505. The molecule has 2 aromatic heterocycles. The van der Waals surface area contributed by atoms with Crippen molar-refractivity contribution < 1.29 is 27.6 Å². The largest absolute Gasteiger partial charge is 0.481 e. The van der Waals surface area contributed by atoms with Gasteiger partial charge in [0, 0.05) is 7.05 Å². The minimum Gasteiger partial charge on any atom is -0.481 e. The highest BCUT2D eigenvalue weighted by Gasteiger charge is 2.20. The number of ether oxygens (including phenoxy) is 2. The lowest BCUT2D eigenvalue weighted by atomic mass is 10.3. The molecule has 1 unspecified atom stereocenters. The first-order chi connectivity index (χ1) is 12.3. The molecule has 0 bridgehead atoms. The molecule has 0 radical (unpaired) electrons. The molecule has 26 heavy (non-hydrogen) atoms. The van der Waals surface area contributed by atoms with Crippen LogP contribution in [-0.2, 0) is 22.4 Å². The minimum absolute atomic E-state index is 0.0112. The van der Waals surface area contributed by atoms with Gasteiger partial charge >= 0.3 is 6.03 Å².